The average molecular weight is 314 g/mol. The van der Waals surface area contributed by atoms with Gasteiger partial charge in [0.1, 0.15) is 10.9 Å². The van der Waals surface area contributed by atoms with Crippen LogP contribution in [-0.4, -0.2) is 27.5 Å². The van der Waals surface area contributed by atoms with Crippen LogP contribution >= 0.6 is 0 Å². The van der Waals surface area contributed by atoms with Crippen LogP contribution in [0.2, 0.25) is 0 Å². The van der Waals surface area contributed by atoms with Gasteiger partial charge in [0, 0.05) is 0 Å². The molecule has 1 atom stereocenters. The predicted molar refractivity (Wildman–Crippen MR) is 81.3 cm³/mol. The van der Waals surface area contributed by atoms with Crippen LogP contribution in [0.4, 0.5) is 5.69 Å². The van der Waals surface area contributed by atoms with Crippen LogP contribution in [0, 0.1) is 19.8 Å². The van der Waals surface area contributed by atoms with Gasteiger partial charge >= 0.3 is 5.97 Å². The predicted octanol–water partition coefficient (Wildman–Crippen LogP) is 1.36. The van der Waals surface area contributed by atoms with E-state index in [0.717, 1.165) is 5.56 Å². The van der Waals surface area contributed by atoms with Gasteiger partial charge < -0.3 is 10.5 Å². The van der Waals surface area contributed by atoms with Gasteiger partial charge in [-0.2, -0.15) is 4.72 Å². The number of aryl methyl sites for hydroxylation is 1. The lowest BCUT2D eigenvalue weighted by Crippen LogP contribution is -2.45. The second-order valence-corrected chi connectivity index (χ2v) is 6.94. The van der Waals surface area contributed by atoms with E-state index in [4.69, 9.17) is 5.73 Å². The monoisotopic (exact) mass is 314 g/mol. The largest absolute Gasteiger partial charge is 0.468 e. The summed E-state index contributed by atoms with van der Waals surface area (Å²) in [6, 6.07) is 2.34. The SMILES string of the molecule is COC(=O)C(NS(=O)(=O)c1c(N)ccc(C)c1C)C(C)C. The minimum absolute atomic E-state index is 0.0112. The van der Waals surface area contributed by atoms with Gasteiger partial charge in [0.05, 0.1) is 12.8 Å². The molecule has 0 saturated heterocycles. The van der Waals surface area contributed by atoms with Crippen LogP contribution < -0.4 is 10.5 Å². The Hall–Kier alpha value is -1.60. The number of methoxy groups -OCH3 is 1. The van der Waals surface area contributed by atoms with E-state index in [9.17, 15) is 13.2 Å². The quantitative estimate of drug-likeness (QED) is 0.631. The lowest BCUT2D eigenvalue weighted by molar-refractivity contribution is -0.143. The molecule has 0 spiro atoms. The van der Waals surface area contributed by atoms with Crippen molar-refractivity contribution >= 4 is 21.7 Å². The maximum absolute atomic E-state index is 12.6. The molecule has 1 rings (SSSR count). The third-order valence-corrected chi connectivity index (χ3v) is 5.02. The number of nitrogens with one attached hydrogen (secondary N) is 1. The molecule has 1 aromatic rings. The molecule has 21 heavy (non-hydrogen) atoms. The summed E-state index contributed by atoms with van der Waals surface area (Å²) in [6.07, 6.45) is 0. The highest BCUT2D eigenvalue weighted by atomic mass is 32.2. The van der Waals surface area contributed by atoms with E-state index < -0.39 is 22.0 Å². The standard InChI is InChI=1S/C14H22N2O4S/c1-8(2)12(14(17)20-5)16-21(18,19)13-10(4)9(3)6-7-11(13)15/h6-8,12,16H,15H2,1-5H3. The maximum Gasteiger partial charge on any atom is 0.324 e. The zero-order chi connectivity index (χ0) is 16.4. The molecule has 3 N–H and O–H groups in total. The number of sulfonamides is 1. The number of anilines is 1. The Bertz CT molecular complexity index is 639. The second-order valence-electron chi connectivity index (χ2n) is 5.29. The van der Waals surface area contributed by atoms with Crippen LogP contribution in [0.3, 0.4) is 0 Å². The summed E-state index contributed by atoms with van der Waals surface area (Å²) in [5.74, 6) is -0.879. The van der Waals surface area contributed by atoms with Gasteiger partial charge in [-0.1, -0.05) is 19.9 Å². The van der Waals surface area contributed by atoms with E-state index in [1.807, 2.05) is 0 Å². The molecular weight excluding hydrogens is 292 g/mol. The van der Waals surface area contributed by atoms with Gasteiger partial charge in [0.15, 0.2) is 0 Å². The molecule has 6 nitrogen and oxygen atoms in total. The number of nitrogens with two attached hydrogens (primary N) is 1. The fraction of sp³-hybridized carbons (Fsp3) is 0.500. The first-order chi connectivity index (χ1) is 9.61. The number of carbonyl (C=O) groups is 1. The van der Waals surface area contributed by atoms with Crippen molar-refractivity contribution in [3.63, 3.8) is 0 Å². The van der Waals surface area contributed by atoms with Crippen LogP contribution in [0.25, 0.3) is 0 Å². The van der Waals surface area contributed by atoms with Crippen molar-refractivity contribution in [2.75, 3.05) is 12.8 Å². The molecule has 0 aliphatic rings. The van der Waals surface area contributed by atoms with Crippen LogP contribution in [0.5, 0.6) is 0 Å². The molecule has 0 aliphatic heterocycles. The van der Waals surface area contributed by atoms with Gasteiger partial charge in [-0.25, -0.2) is 8.42 Å². The fourth-order valence-electron chi connectivity index (χ4n) is 1.98. The number of ether oxygens (including phenoxy) is 1. The van der Waals surface area contributed by atoms with Gasteiger partial charge in [0.25, 0.3) is 0 Å². The van der Waals surface area contributed by atoms with Gasteiger partial charge in [0.2, 0.25) is 10.0 Å². The van der Waals surface area contributed by atoms with Crippen molar-refractivity contribution in [3.8, 4) is 0 Å². The molecule has 0 radical (unpaired) electrons. The minimum Gasteiger partial charge on any atom is -0.468 e. The van der Waals surface area contributed by atoms with Crippen molar-refractivity contribution < 1.29 is 17.9 Å². The molecule has 0 aromatic heterocycles. The number of rotatable bonds is 5. The Balaban J connectivity index is 3.30. The summed E-state index contributed by atoms with van der Waals surface area (Å²) in [4.78, 5) is 11.7. The highest BCUT2D eigenvalue weighted by molar-refractivity contribution is 7.89. The van der Waals surface area contributed by atoms with E-state index in [1.54, 1.807) is 39.8 Å². The second kappa shape index (κ2) is 6.44. The number of benzene rings is 1. The topological polar surface area (TPSA) is 98.5 Å². The average Bonchev–Trinajstić information content (AvgIpc) is 2.39. The van der Waals surface area contributed by atoms with E-state index in [1.165, 1.54) is 7.11 Å². The third kappa shape index (κ3) is 3.74. The fourth-order valence-corrected chi connectivity index (χ4v) is 3.74. The van der Waals surface area contributed by atoms with Crippen LogP contribution in [-0.2, 0) is 19.6 Å². The molecule has 0 bridgehead atoms. The zero-order valence-electron chi connectivity index (χ0n) is 12.9. The number of hydrogen-bond donors (Lipinski definition) is 2. The van der Waals surface area contributed by atoms with E-state index >= 15 is 0 Å². The van der Waals surface area contributed by atoms with Crippen LogP contribution in [0.15, 0.2) is 17.0 Å². The smallest absolute Gasteiger partial charge is 0.324 e. The highest BCUT2D eigenvalue weighted by Gasteiger charge is 2.31. The van der Waals surface area contributed by atoms with Gasteiger partial charge in [-0.3, -0.25) is 4.79 Å². The van der Waals surface area contributed by atoms with Crippen molar-refractivity contribution in [2.24, 2.45) is 5.92 Å². The number of carbonyl (C=O) groups excluding carboxylic acids is 1. The maximum atomic E-state index is 12.6. The number of nitrogen functional groups attached to an aromatic ring is 1. The van der Waals surface area contributed by atoms with Crippen molar-refractivity contribution in [2.45, 2.75) is 38.6 Å². The number of esters is 1. The van der Waals surface area contributed by atoms with Gasteiger partial charge in [-0.05, 0) is 37.0 Å². The molecule has 0 amide bonds. The Morgan fingerprint density at radius 3 is 2.33 bits per heavy atom. The molecule has 7 heteroatoms. The molecule has 0 saturated carbocycles. The molecule has 118 valence electrons. The molecule has 1 unspecified atom stereocenters. The lowest BCUT2D eigenvalue weighted by atomic mass is 10.1. The third-order valence-electron chi connectivity index (χ3n) is 3.38. The van der Waals surface area contributed by atoms with E-state index in [0.29, 0.717) is 5.56 Å². The first-order valence-electron chi connectivity index (χ1n) is 6.57. The normalized spacial score (nSPS) is 13.2. The van der Waals surface area contributed by atoms with E-state index in [-0.39, 0.29) is 16.5 Å². The summed E-state index contributed by atoms with van der Waals surface area (Å²) in [5, 5.41) is 0. The zero-order valence-corrected chi connectivity index (χ0v) is 13.7. The first-order valence-corrected chi connectivity index (χ1v) is 8.06. The molecule has 0 aliphatic carbocycles. The molecule has 0 heterocycles. The number of hydrogen-bond acceptors (Lipinski definition) is 5. The van der Waals surface area contributed by atoms with Crippen molar-refractivity contribution in [1.82, 2.24) is 4.72 Å². The van der Waals surface area contributed by atoms with Crippen molar-refractivity contribution in [1.29, 1.82) is 0 Å². The van der Waals surface area contributed by atoms with Gasteiger partial charge in [-0.15, -0.1) is 0 Å². The summed E-state index contributed by atoms with van der Waals surface area (Å²) in [7, 11) is -2.70. The molecular formula is C14H22N2O4S. The molecule has 0 fully saturated rings. The van der Waals surface area contributed by atoms with Crippen LogP contribution in [0.1, 0.15) is 25.0 Å². The summed E-state index contributed by atoms with van der Waals surface area (Å²) < 4.78 is 32.2. The highest BCUT2D eigenvalue weighted by Crippen LogP contribution is 2.25. The minimum atomic E-state index is -3.92. The summed E-state index contributed by atoms with van der Waals surface area (Å²) >= 11 is 0. The Kier molecular flexibility index (Phi) is 5.36. The van der Waals surface area contributed by atoms with Crippen molar-refractivity contribution in [3.05, 3.63) is 23.3 Å². The van der Waals surface area contributed by atoms with E-state index in [2.05, 4.69) is 9.46 Å². The Morgan fingerprint density at radius 2 is 1.86 bits per heavy atom. The Labute approximate surface area is 125 Å². The Morgan fingerprint density at radius 1 is 1.29 bits per heavy atom. The lowest BCUT2D eigenvalue weighted by Gasteiger charge is -2.21. The first kappa shape index (κ1) is 17.5. The summed E-state index contributed by atoms with van der Waals surface area (Å²) in [5.41, 5.74) is 7.33. The molecule has 1 aromatic carbocycles. The summed E-state index contributed by atoms with van der Waals surface area (Å²) in [6.45, 7) is 6.95.